The van der Waals surface area contributed by atoms with Gasteiger partial charge in [-0.3, -0.25) is 9.59 Å². The van der Waals surface area contributed by atoms with Crippen molar-refractivity contribution in [2.75, 3.05) is 33.1 Å². The maximum absolute atomic E-state index is 13.8. The van der Waals surface area contributed by atoms with Gasteiger partial charge in [-0.15, -0.1) is 0 Å². The number of H-pyrrole nitrogens is 1. The first-order valence-electron chi connectivity index (χ1n) is 11.5. The van der Waals surface area contributed by atoms with Crippen LogP contribution in [0.2, 0.25) is 0 Å². The minimum absolute atomic E-state index is 0.0693. The van der Waals surface area contributed by atoms with Gasteiger partial charge in [0.15, 0.2) is 11.5 Å². The number of para-hydroxylation sites is 1. The summed E-state index contributed by atoms with van der Waals surface area (Å²) in [7, 11) is 0. The maximum atomic E-state index is 13.8. The molecule has 1 fully saturated rings. The molecule has 0 saturated carbocycles. The molecule has 3 aliphatic heterocycles. The monoisotopic (exact) mass is 459 g/mol. The minimum Gasteiger partial charge on any atom is -0.454 e. The first-order valence-corrected chi connectivity index (χ1v) is 11.5. The second-order valence-corrected chi connectivity index (χ2v) is 8.69. The van der Waals surface area contributed by atoms with Crippen LogP contribution in [0.5, 0.6) is 11.5 Å². The number of amides is 2. The third-order valence-electron chi connectivity index (χ3n) is 6.88. The molecule has 2 amide bonds. The number of aromatic nitrogens is 1. The van der Waals surface area contributed by atoms with Gasteiger partial charge in [-0.1, -0.05) is 30.8 Å². The van der Waals surface area contributed by atoms with Crippen LogP contribution in [-0.4, -0.2) is 65.7 Å². The fourth-order valence-corrected chi connectivity index (χ4v) is 5.28. The van der Waals surface area contributed by atoms with E-state index in [2.05, 4.69) is 17.6 Å². The van der Waals surface area contributed by atoms with Gasteiger partial charge in [0.25, 0.3) is 0 Å². The zero-order valence-electron chi connectivity index (χ0n) is 18.7. The van der Waals surface area contributed by atoms with Gasteiger partial charge < -0.3 is 29.0 Å². The summed E-state index contributed by atoms with van der Waals surface area (Å²) >= 11 is 0. The van der Waals surface area contributed by atoms with Crippen molar-refractivity contribution >= 4 is 22.7 Å². The molecule has 174 valence electrons. The van der Waals surface area contributed by atoms with Crippen LogP contribution in [0.25, 0.3) is 10.9 Å². The molecule has 1 aromatic heterocycles. The molecule has 2 aromatic carbocycles. The van der Waals surface area contributed by atoms with Crippen LogP contribution in [0.4, 0.5) is 0 Å². The van der Waals surface area contributed by atoms with Crippen molar-refractivity contribution in [3.05, 3.63) is 71.9 Å². The average molecular weight is 460 g/mol. The SMILES string of the molecule is C=CC(=O)N1[C@@H](c2ccc3c(c2)OCO3)c2[nH]c3ccccc3c2C[C@@H]1C(=O)N1CCOCC1. The lowest BCUT2D eigenvalue weighted by atomic mass is 9.87. The summed E-state index contributed by atoms with van der Waals surface area (Å²) in [5, 5.41) is 1.06. The van der Waals surface area contributed by atoms with Crippen molar-refractivity contribution < 1.29 is 23.8 Å². The Labute approximate surface area is 196 Å². The fraction of sp³-hybridized carbons (Fsp3) is 0.308. The molecule has 2 atom stereocenters. The van der Waals surface area contributed by atoms with E-state index in [0.29, 0.717) is 44.2 Å². The maximum Gasteiger partial charge on any atom is 0.247 e. The molecule has 1 saturated heterocycles. The highest BCUT2D eigenvalue weighted by Crippen LogP contribution is 2.44. The van der Waals surface area contributed by atoms with Crippen LogP contribution in [0.3, 0.4) is 0 Å². The van der Waals surface area contributed by atoms with Gasteiger partial charge >= 0.3 is 0 Å². The van der Waals surface area contributed by atoms with Gasteiger partial charge in [0.05, 0.1) is 19.3 Å². The van der Waals surface area contributed by atoms with Gasteiger partial charge in [-0.05, 0) is 35.4 Å². The van der Waals surface area contributed by atoms with Crippen LogP contribution < -0.4 is 9.47 Å². The molecule has 0 radical (unpaired) electrons. The van der Waals surface area contributed by atoms with E-state index in [9.17, 15) is 9.59 Å². The van der Waals surface area contributed by atoms with Gasteiger partial charge in [0.1, 0.15) is 6.04 Å². The molecule has 0 bridgehead atoms. The van der Waals surface area contributed by atoms with Gasteiger partial charge in [-0.2, -0.15) is 0 Å². The van der Waals surface area contributed by atoms with Crippen molar-refractivity contribution in [3.8, 4) is 11.5 Å². The van der Waals surface area contributed by atoms with E-state index in [4.69, 9.17) is 14.2 Å². The van der Waals surface area contributed by atoms with E-state index in [1.54, 1.807) is 9.80 Å². The Morgan fingerprint density at radius 3 is 2.68 bits per heavy atom. The highest BCUT2D eigenvalue weighted by atomic mass is 16.7. The van der Waals surface area contributed by atoms with Crippen molar-refractivity contribution in [1.82, 2.24) is 14.8 Å². The molecular weight excluding hydrogens is 434 g/mol. The Balaban J connectivity index is 1.53. The van der Waals surface area contributed by atoms with Crippen LogP contribution in [0.1, 0.15) is 22.9 Å². The van der Waals surface area contributed by atoms with E-state index in [1.807, 2.05) is 36.4 Å². The molecule has 3 aromatic rings. The normalized spacial score (nSPS) is 21.4. The number of benzene rings is 2. The third-order valence-corrected chi connectivity index (χ3v) is 6.88. The Hall–Kier alpha value is -3.78. The van der Waals surface area contributed by atoms with E-state index >= 15 is 0 Å². The van der Waals surface area contributed by atoms with Crippen LogP contribution >= 0.6 is 0 Å². The lowest BCUT2D eigenvalue weighted by molar-refractivity contribution is -0.148. The molecule has 8 nitrogen and oxygen atoms in total. The molecule has 0 spiro atoms. The second-order valence-electron chi connectivity index (χ2n) is 8.69. The number of aromatic amines is 1. The Morgan fingerprint density at radius 2 is 1.85 bits per heavy atom. The summed E-state index contributed by atoms with van der Waals surface area (Å²) < 4.78 is 16.6. The molecule has 3 aliphatic rings. The molecular formula is C26H25N3O5. The number of nitrogens with zero attached hydrogens (tertiary/aromatic N) is 2. The molecule has 8 heteroatoms. The summed E-state index contributed by atoms with van der Waals surface area (Å²) in [6.45, 7) is 5.92. The van der Waals surface area contributed by atoms with E-state index < -0.39 is 12.1 Å². The second kappa shape index (κ2) is 8.22. The van der Waals surface area contributed by atoms with Crippen molar-refractivity contribution in [2.45, 2.75) is 18.5 Å². The number of rotatable bonds is 3. The van der Waals surface area contributed by atoms with E-state index in [0.717, 1.165) is 27.7 Å². The summed E-state index contributed by atoms with van der Waals surface area (Å²) in [5.74, 6) is 0.931. The van der Waals surface area contributed by atoms with E-state index in [1.165, 1.54) is 6.08 Å². The average Bonchev–Trinajstić information content (AvgIpc) is 3.51. The van der Waals surface area contributed by atoms with Crippen LogP contribution in [0.15, 0.2) is 55.1 Å². The molecule has 6 rings (SSSR count). The van der Waals surface area contributed by atoms with Crippen LogP contribution in [-0.2, 0) is 20.7 Å². The highest BCUT2D eigenvalue weighted by Gasteiger charge is 2.44. The first-order chi connectivity index (χ1) is 16.7. The van der Waals surface area contributed by atoms with Crippen molar-refractivity contribution in [3.63, 3.8) is 0 Å². The standard InChI is InChI=1S/C26H25N3O5/c1-2-23(30)29-20(26(31)28-9-11-32-12-10-28)14-18-17-5-3-4-6-19(17)27-24(18)25(29)16-7-8-21-22(13-16)34-15-33-21/h2-8,13,20,25,27H,1,9-12,14-15H2/t20-,25+/m1/s1. The summed E-state index contributed by atoms with van der Waals surface area (Å²) in [6.07, 6.45) is 1.71. The number of carbonyl (C=O) groups excluding carboxylic acids is 2. The zero-order chi connectivity index (χ0) is 23.2. The van der Waals surface area contributed by atoms with Crippen molar-refractivity contribution in [1.29, 1.82) is 0 Å². The quantitative estimate of drug-likeness (QED) is 0.609. The molecule has 0 aliphatic carbocycles. The number of ether oxygens (including phenoxy) is 3. The predicted octanol–water partition coefficient (Wildman–Crippen LogP) is 2.78. The number of carbonyl (C=O) groups is 2. The molecule has 0 unspecified atom stereocenters. The van der Waals surface area contributed by atoms with Gasteiger partial charge in [-0.25, -0.2) is 0 Å². The third kappa shape index (κ3) is 3.25. The predicted molar refractivity (Wildman–Crippen MR) is 125 cm³/mol. The Bertz CT molecular complexity index is 1290. The highest BCUT2D eigenvalue weighted by molar-refractivity contribution is 5.96. The Kier molecular flexibility index (Phi) is 5.03. The first kappa shape index (κ1) is 20.8. The Morgan fingerprint density at radius 1 is 1.06 bits per heavy atom. The summed E-state index contributed by atoms with van der Waals surface area (Å²) in [4.78, 5) is 34.2. The molecule has 34 heavy (non-hydrogen) atoms. The molecule has 1 N–H and O–H groups in total. The number of nitrogens with one attached hydrogen (secondary N) is 1. The fourth-order valence-electron chi connectivity index (χ4n) is 5.28. The van der Waals surface area contributed by atoms with E-state index in [-0.39, 0.29) is 18.6 Å². The topological polar surface area (TPSA) is 84.1 Å². The smallest absolute Gasteiger partial charge is 0.247 e. The number of hydrogen-bond donors (Lipinski definition) is 1. The van der Waals surface area contributed by atoms with Gasteiger partial charge in [0, 0.05) is 36.1 Å². The number of fused-ring (bicyclic) bond motifs is 4. The minimum atomic E-state index is -0.661. The number of morpholine rings is 1. The summed E-state index contributed by atoms with van der Waals surface area (Å²) in [5.41, 5.74) is 3.77. The summed E-state index contributed by atoms with van der Waals surface area (Å²) in [6, 6.07) is 12.5. The lowest BCUT2D eigenvalue weighted by Crippen LogP contribution is -2.56. The largest absolute Gasteiger partial charge is 0.454 e. The van der Waals surface area contributed by atoms with Gasteiger partial charge in [0.2, 0.25) is 18.6 Å². The van der Waals surface area contributed by atoms with Crippen LogP contribution in [0, 0.1) is 0 Å². The molecule has 4 heterocycles. The zero-order valence-corrected chi connectivity index (χ0v) is 18.7. The van der Waals surface area contributed by atoms with Crippen molar-refractivity contribution in [2.24, 2.45) is 0 Å². The number of hydrogen-bond acceptors (Lipinski definition) is 5. The lowest BCUT2D eigenvalue weighted by Gasteiger charge is -2.43.